The number of carbonyl (C=O) groups is 2. The molecular weight excluding hydrogens is 296 g/mol. The zero-order chi connectivity index (χ0) is 15.5. The number of anilines is 1. The van der Waals surface area contributed by atoms with Gasteiger partial charge in [-0.15, -0.1) is 11.3 Å². The second kappa shape index (κ2) is 6.32. The minimum absolute atomic E-state index is 0.0140. The van der Waals surface area contributed by atoms with Crippen molar-refractivity contribution >= 4 is 28.8 Å². The number of amides is 2. The summed E-state index contributed by atoms with van der Waals surface area (Å²) in [6.45, 7) is 3.00. The van der Waals surface area contributed by atoms with Crippen LogP contribution in [0.1, 0.15) is 16.9 Å². The Morgan fingerprint density at radius 1 is 1.32 bits per heavy atom. The summed E-state index contributed by atoms with van der Waals surface area (Å²) in [6, 6.07) is 11.8. The molecule has 2 aromatic rings. The Morgan fingerprint density at radius 3 is 2.77 bits per heavy atom. The third-order valence-corrected chi connectivity index (χ3v) is 4.73. The van der Waals surface area contributed by atoms with E-state index in [1.54, 1.807) is 16.2 Å². The first-order valence-electron chi connectivity index (χ1n) is 7.30. The van der Waals surface area contributed by atoms with Crippen LogP contribution in [0.15, 0.2) is 41.8 Å². The molecule has 3 rings (SSSR count). The summed E-state index contributed by atoms with van der Waals surface area (Å²) in [6.07, 6.45) is 0.282. The van der Waals surface area contributed by atoms with Crippen LogP contribution in [-0.4, -0.2) is 18.4 Å². The number of benzene rings is 1. The highest BCUT2D eigenvalue weighted by atomic mass is 32.1. The van der Waals surface area contributed by atoms with Crippen LogP contribution in [0.25, 0.3) is 0 Å². The lowest BCUT2D eigenvalue weighted by Gasteiger charge is -2.16. The first kappa shape index (κ1) is 14.8. The van der Waals surface area contributed by atoms with E-state index in [-0.39, 0.29) is 24.2 Å². The second-order valence-corrected chi connectivity index (χ2v) is 6.57. The Balaban J connectivity index is 1.61. The molecule has 0 aliphatic carbocycles. The summed E-state index contributed by atoms with van der Waals surface area (Å²) in [5, 5.41) is 4.91. The van der Waals surface area contributed by atoms with E-state index in [4.69, 9.17) is 0 Å². The van der Waals surface area contributed by atoms with Crippen LogP contribution in [0.5, 0.6) is 0 Å². The molecule has 2 heterocycles. The zero-order valence-electron chi connectivity index (χ0n) is 12.4. The van der Waals surface area contributed by atoms with E-state index in [0.29, 0.717) is 13.1 Å². The molecule has 2 amide bonds. The molecule has 0 unspecified atom stereocenters. The Morgan fingerprint density at radius 2 is 2.09 bits per heavy atom. The van der Waals surface area contributed by atoms with Gasteiger partial charge in [-0.25, -0.2) is 0 Å². The van der Waals surface area contributed by atoms with Crippen LogP contribution in [0.3, 0.4) is 0 Å². The highest BCUT2D eigenvalue weighted by molar-refractivity contribution is 7.09. The van der Waals surface area contributed by atoms with Gasteiger partial charge >= 0.3 is 0 Å². The third kappa shape index (κ3) is 3.20. The summed E-state index contributed by atoms with van der Waals surface area (Å²) in [5.74, 6) is -0.301. The fraction of sp³-hybridized carbons (Fsp3) is 0.294. The van der Waals surface area contributed by atoms with Crippen molar-refractivity contribution in [2.75, 3.05) is 11.4 Å². The van der Waals surface area contributed by atoms with E-state index in [0.717, 1.165) is 16.1 Å². The first-order valence-corrected chi connectivity index (χ1v) is 8.18. The predicted octanol–water partition coefficient (Wildman–Crippen LogP) is 2.73. The molecule has 1 aliphatic rings. The van der Waals surface area contributed by atoms with Gasteiger partial charge in [0.25, 0.3) is 0 Å². The smallest absolute Gasteiger partial charge is 0.227 e. The van der Waals surface area contributed by atoms with E-state index < -0.39 is 0 Å². The van der Waals surface area contributed by atoms with Gasteiger partial charge in [0, 0.05) is 23.5 Å². The van der Waals surface area contributed by atoms with E-state index in [9.17, 15) is 9.59 Å². The largest absolute Gasteiger partial charge is 0.351 e. The van der Waals surface area contributed by atoms with Crippen LogP contribution in [0.2, 0.25) is 0 Å². The number of aryl methyl sites for hydroxylation is 1. The number of thiophene rings is 1. The molecule has 5 heteroatoms. The molecule has 4 nitrogen and oxygen atoms in total. The van der Waals surface area contributed by atoms with Gasteiger partial charge in [0.05, 0.1) is 12.5 Å². The third-order valence-electron chi connectivity index (χ3n) is 3.86. The Hall–Kier alpha value is -2.14. The Labute approximate surface area is 133 Å². The van der Waals surface area contributed by atoms with Crippen molar-refractivity contribution in [3.05, 3.63) is 52.2 Å². The normalized spacial score (nSPS) is 17.8. The number of hydrogen-bond donors (Lipinski definition) is 1. The number of nitrogens with zero attached hydrogens (tertiary/aromatic N) is 1. The lowest BCUT2D eigenvalue weighted by molar-refractivity contribution is -0.126. The van der Waals surface area contributed by atoms with Crippen LogP contribution >= 0.6 is 11.3 Å². The van der Waals surface area contributed by atoms with Gasteiger partial charge in [0.15, 0.2) is 0 Å². The summed E-state index contributed by atoms with van der Waals surface area (Å²) >= 11 is 1.61. The topological polar surface area (TPSA) is 49.4 Å². The van der Waals surface area contributed by atoms with Crippen LogP contribution < -0.4 is 10.2 Å². The van der Waals surface area contributed by atoms with Crippen molar-refractivity contribution in [1.29, 1.82) is 0 Å². The lowest BCUT2D eigenvalue weighted by atomic mass is 10.1. The quantitative estimate of drug-likeness (QED) is 0.943. The van der Waals surface area contributed by atoms with E-state index in [1.807, 2.05) is 48.7 Å². The summed E-state index contributed by atoms with van der Waals surface area (Å²) in [4.78, 5) is 27.2. The molecule has 114 valence electrons. The van der Waals surface area contributed by atoms with E-state index in [2.05, 4.69) is 5.32 Å². The van der Waals surface area contributed by atoms with Gasteiger partial charge < -0.3 is 10.2 Å². The average Bonchev–Trinajstić information content (AvgIpc) is 3.15. The van der Waals surface area contributed by atoms with Crippen LogP contribution in [-0.2, 0) is 16.1 Å². The molecule has 1 atom stereocenters. The molecule has 0 bridgehead atoms. The summed E-state index contributed by atoms with van der Waals surface area (Å²) < 4.78 is 0. The monoisotopic (exact) mass is 314 g/mol. The molecule has 1 fully saturated rings. The molecule has 1 aromatic carbocycles. The van der Waals surface area contributed by atoms with Gasteiger partial charge in [0.2, 0.25) is 11.8 Å². The van der Waals surface area contributed by atoms with E-state index >= 15 is 0 Å². The minimum Gasteiger partial charge on any atom is -0.351 e. The van der Waals surface area contributed by atoms with Gasteiger partial charge in [-0.05, 0) is 30.5 Å². The fourth-order valence-corrected chi connectivity index (χ4v) is 3.23. The molecule has 1 N–H and O–H groups in total. The summed E-state index contributed by atoms with van der Waals surface area (Å²) in [7, 11) is 0. The maximum atomic E-state index is 12.2. The number of nitrogens with one attached hydrogen (secondary N) is 1. The van der Waals surface area contributed by atoms with Crippen molar-refractivity contribution < 1.29 is 9.59 Å². The van der Waals surface area contributed by atoms with Crippen molar-refractivity contribution in [3.8, 4) is 0 Å². The second-order valence-electron chi connectivity index (χ2n) is 5.54. The first-order chi connectivity index (χ1) is 10.6. The maximum Gasteiger partial charge on any atom is 0.227 e. The van der Waals surface area contributed by atoms with Crippen molar-refractivity contribution in [2.45, 2.75) is 19.9 Å². The maximum absolute atomic E-state index is 12.2. The summed E-state index contributed by atoms with van der Waals surface area (Å²) in [5.41, 5.74) is 2.02. The fourth-order valence-electron chi connectivity index (χ4n) is 2.59. The highest BCUT2D eigenvalue weighted by Crippen LogP contribution is 2.25. The van der Waals surface area contributed by atoms with Gasteiger partial charge in [-0.3, -0.25) is 9.59 Å². The Kier molecular flexibility index (Phi) is 4.24. The standard InChI is InChI=1S/C17H18N2O2S/c1-12-4-6-14(7-5-12)19-11-13(9-16(19)20)17(21)18-10-15-3-2-8-22-15/h2-8,13H,9-11H2,1H3,(H,18,21)/t13-/m0/s1. The Bertz CT molecular complexity index is 664. The highest BCUT2D eigenvalue weighted by Gasteiger charge is 2.34. The number of carbonyl (C=O) groups excluding carboxylic acids is 2. The molecule has 1 aliphatic heterocycles. The van der Waals surface area contributed by atoms with Crippen molar-refractivity contribution in [2.24, 2.45) is 5.92 Å². The SMILES string of the molecule is Cc1ccc(N2C[C@@H](C(=O)NCc3cccs3)CC2=O)cc1. The van der Waals surface area contributed by atoms with Crippen molar-refractivity contribution in [3.63, 3.8) is 0 Å². The number of hydrogen-bond acceptors (Lipinski definition) is 3. The molecule has 0 radical (unpaired) electrons. The average molecular weight is 314 g/mol. The van der Waals surface area contributed by atoms with Crippen LogP contribution in [0, 0.1) is 12.8 Å². The number of rotatable bonds is 4. The van der Waals surface area contributed by atoms with Gasteiger partial charge in [-0.2, -0.15) is 0 Å². The zero-order valence-corrected chi connectivity index (χ0v) is 13.2. The lowest BCUT2D eigenvalue weighted by Crippen LogP contribution is -2.32. The molecule has 1 saturated heterocycles. The van der Waals surface area contributed by atoms with Gasteiger partial charge in [-0.1, -0.05) is 23.8 Å². The van der Waals surface area contributed by atoms with Crippen LogP contribution in [0.4, 0.5) is 5.69 Å². The molecule has 1 aromatic heterocycles. The van der Waals surface area contributed by atoms with Gasteiger partial charge in [0.1, 0.15) is 0 Å². The molecule has 0 saturated carbocycles. The van der Waals surface area contributed by atoms with E-state index in [1.165, 1.54) is 0 Å². The predicted molar refractivity (Wildman–Crippen MR) is 87.8 cm³/mol. The molecule has 22 heavy (non-hydrogen) atoms. The van der Waals surface area contributed by atoms with Crippen molar-refractivity contribution in [1.82, 2.24) is 5.32 Å². The molecule has 0 spiro atoms. The molecular formula is C17H18N2O2S. The minimum atomic E-state index is -0.270.